The summed E-state index contributed by atoms with van der Waals surface area (Å²) in [5.74, 6) is 0.905. The first-order valence-electron chi connectivity index (χ1n) is 7.72. The lowest BCUT2D eigenvalue weighted by Gasteiger charge is -2.34. The number of amides is 1. The number of nitrogens with two attached hydrogens (primary N) is 1. The Labute approximate surface area is 132 Å². The van der Waals surface area contributed by atoms with Gasteiger partial charge in [0.05, 0.1) is 11.4 Å². The molecule has 0 aromatic carbocycles. The third-order valence-electron chi connectivity index (χ3n) is 3.58. The highest BCUT2D eigenvalue weighted by atomic mass is 16.6. The van der Waals surface area contributed by atoms with Crippen molar-refractivity contribution in [2.45, 2.75) is 52.2 Å². The molecule has 6 nitrogen and oxygen atoms in total. The fraction of sp³-hybridized carbons (Fsp3) is 0.625. The number of rotatable bonds is 2. The summed E-state index contributed by atoms with van der Waals surface area (Å²) in [6, 6.07) is 3.88. The number of pyridine rings is 1. The second-order valence-electron chi connectivity index (χ2n) is 6.78. The molecule has 1 aromatic rings. The third kappa shape index (κ3) is 4.51. The number of aromatic nitrogens is 1. The standard InChI is InChI=1S/C16H26N4O2/c1-11-13(17)7-8-14(18-11)20-9-5-6-12(10-20)19-15(21)22-16(2,3)4/h7-8,12H,5-6,9-10,17H2,1-4H3,(H,19,21)/t12-/m0/s1. The summed E-state index contributed by atoms with van der Waals surface area (Å²) < 4.78 is 5.32. The molecule has 1 aliphatic rings. The van der Waals surface area contributed by atoms with Crippen LogP contribution in [0.5, 0.6) is 0 Å². The molecular weight excluding hydrogens is 280 g/mol. The maximum absolute atomic E-state index is 11.9. The summed E-state index contributed by atoms with van der Waals surface area (Å²) in [5.41, 5.74) is 6.87. The molecule has 122 valence electrons. The zero-order chi connectivity index (χ0) is 16.3. The van der Waals surface area contributed by atoms with Gasteiger partial charge in [-0.3, -0.25) is 0 Å². The summed E-state index contributed by atoms with van der Waals surface area (Å²) in [7, 11) is 0. The first-order chi connectivity index (χ1) is 10.2. The van der Waals surface area contributed by atoms with Gasteiger partial charge in [-0.25, -0.2) is 9.78 Å². The van der Waals surface area contributed by atoms with E-state index in [1.54, 1.807) is 0 Å². The van der Waals surface area contributed by atoms with Gasteiger partial charge in [-0.2, -0.15) is 0 Å². The molecule has 1 atom stereocenters. The average molecular weight is 306 g/mol. The summed E-state index contributed by atoms with van der Waals surface area (Å²) in [5, 5.41) is 2.95. The van der Waals surface area contributed by atoms with Gasteiger partial charge >= 0.3 is 6.09 Å². The molecule has 2 rings (SSSR count). The van der Waals surface area contributed by atoms with E-state index in [1.807, 2.05) is 39.8 Å². The molecule has 1 amide bonds. The smallest absolute Gasteiger partial charge is 0.407 e. The maximum atomic E-state index is 11.9. The number of nitrogens with one attached hydrogen (secondary N) is 1. The van der Waals surface area contributed by atoms with E-state index in [1.165, 1.54) is 0 Å². The Morgan fingerprint density at radius 2 is 2.18 bits per heavy atom. The number of nitrogen functional groups attached to an aromatic ring is 1. The Morgan fingerprint density at radius 1 is 1.45 bits per heavy atom. The van der Waals surface area contributed by atoms with Crippen molar-refractivity contribution < 1.29 is 9.53 Å². The summed E-state index contributed by atoms with van der Waals surface area (Å²) in [6.07, 6.45) is 1.59. The van der Waals surface area contributed by atoms with Crippen LogP contribution in [0.15, 0.2) is 12.1 Å². The molecule has 0 bridgehead atoms. The number of ether oxygens (including phenoxy) is 1. The molecule has 1 aliphatic heterocycles. The van der Waals surface area contributed by atoms with Crippen molar-refractivity contribution in [1.29, 1.82) is 0 Å². The van der Waals surface area contributed by atoms with E-state index in [9.17, 15) is 4.79 Å². The Hall–Kier alpha value is -1.98. The first-order valence-corrected chi connectivity index (χ1v) is 7.72. The Kier molecular flexibility index (Phi) is 4.78. The minimum Gasteiger partial charge on any atom is -0.444 e. The van der Waals surface area contributed by atoms with Crippen molar-refractivity contribution in [3.63, 3.8) is 0 Å². The fourth-order valence-electron chi connectivity index (χ4n) is 2.51. The van der Waals surface area contributed by atoms with Gasteiger partial charge in [0.15, 0.2) is 0 Å². The monoisotopic (exact) mass is 306 g/mol. The summed E-state index contributed by atoms with van der Waals surface area (Å²) in [4.78, 5) is 18.6. The molecule has 3 N–H and O–H groups in total. The van der Waals surface area contributed by atoms with Crippen molar-refractivity contribution >= 4 is 17.6 Å². The predicted octanol–water partition coefficient (Wildman–Crippen LogP) is 2.47. The van der Waals surface area contributed by atoms with Crippen LogP contribution in [0.2, 0.25) is 0 Å². The number of carbonyl (C=O) groups excluding carboxylic acids is 1. The van der Waals surface area contributed by atoms with Crippen molar-refractivity contribution in [1.82, 2.24) is 10.3 Å². The lowest BCUT2D eigenvalue weighted by Crippen LogP contribution is -2.49. The van der Waals surface area contributed by atoms with Crippen LogP contribution in [-0.2, 0) is 4.74 Å². The molecule has 0 unspecified atom stereocenters. The van der Waals surface area contributed by atoms with Gasteiger partial charge in [0.2, 0.25) is 0 Å². The number of piperidine rings is 1. The molecular formula is C16H26N4O2. The van der Waals surface area contributed by atoms with Gasteiger partial charge in [-0.05, 0) is 52.7 Å². The molecule has 2 heterocycles. The fourth-order valence-corrected chi connectivity index (χ4v) is 2.51. The van der Waals surface area contributed by atoms with E-state index in [0.29, 0.717) is 5.69 Å². The molecule has 22 heavy (non-hydrogen) atoms. The first kappa shape index (κ1) is 16.4. The Bertz CT molecular complexity index is 539. The van der Waals surface area contributed by atoms with Crippen molar-refractivity contribution in [2.24, 2.45) is 0 Å². The minimum absolute atomic E-state index is 0.0725. The number of alkyl carbamates (subject to hydrolysis) is 1. The van der Waals surface area contributed by atoms with E-state index in [4.69, 9.17) is 10.5 Å². The number of anilines is 2. The molecule has 1 saturated heterocycles. The third-order valence-corrected chi connectivity index (χ3v) is 3.58. The van der Waals surface area contributed by atoms with Crippen molar-refractivity contribution in [3.8, 4) is 0 Å². The van der Waals surface area contributed by atoms with Crippen LogP contribution >= 0.6 is 0 Å². The van der Waals surface area contributed by atoms with Gasteiger partial charge in [0.1, 0.15) is 11.4 Å². The highest BCUT2D eigenvalue weighted by molar-refractivity contribution is 5.68. The molecule has 0 aliphatic carbocycles. The molecule has 1 fully saturated rings. The van der Waals surface area contributed by atoms with Crippen molar-refractivity contribution in [3.05, 3.63) is 17.8 Å². The zero-order valence-corrected chi connectivity index (χ0v) is 13.8. The van der Waals surface area contributed by atoms with E-state index in [2.05, 4.69) is 15.2 Å². The van der Waals surface area contributed by atoms with Crippen LogP contribution < -0.4 is 16.0 Å². The number of nitrogens with zero attached hydrogens (tertiary/aromatic N) is 2. The van der Waals surface area contributed by atoms with Gasteiger partial charge in [-0.15, -0.1) is 0 Å². The number of aryl methyl sites for hydroxylation is 1. The van der Waals surface area contributed by atoms with E-state index in [-0.39, 0.29) is 12.1 Å². The molecule has 0 saturated carbocycles. The van der Waals surface area contributed by atoms with Gasteiger partial charge < -0.3 is 20.7 Å². The van der Waals surface area contributed by atoms with Crippen LogP contribution in [0.4, 0.5) is 16.3 Å². The largest absolute Gasteiger partial charge is 0.444 e. The van der Waals surface area contributed by atoms with E-state index >= 15 is 0 Å². The Morgan fingerprint density at radius 3 is 2.82 bits per heavy atom. The van der Waals surface area contributed by atoms with Crippen LogP contribution in [-0.4, -0.2) is 35.8 Å². The molecule has 0 radical (unpaired) electrons. The molecule has 6 heteroatoms. The Balaban J connectivity index is 1.96. The quantitative estimate of drug-likeness (QED) is 0.877. The second kappa shape index (κ2) is 6.42. The van der Waals surface area contributed by atoms with Crippen LogP contribution in [0, 0.1) is 6.92 Å². The lowest BCUT2D eigenvalue weighted by molar-refractivity contribution is 0.0500. The lowest BCUT2D eigenvalue weighted by atomic mass is 10.1. The zero-order valence-electron chi connectivity index (χ0n) is 13.8. The predicted molar refractivity (Wildman–Crippen MR) is 88.0 cm³/mol. The normalized spacial score (nSPS) is 18.9. The topological polar surface area (TPSA) is 80.5 Å². The van der Waals surface area contributed by atoms with Crippen LogP contribution in [0.25, 0.3) is 0 Å². The minimum atomic E-state index is -0.478. The highest BCUT2D eigenvalue weighted by Crippen LogP contribution is 2.20. The van der Waals surface area contributed by atoms with E-state index in [0.717, 1.165) is 37.4 Å². The van der Waals surface area contributed by atoms with E-state index < -0.39 is 5.60 Å². The van der Waals surface area contributed by atoms with Gasteiger partial charge in [0, 0.05) is 19.1 Å². The number of hydrogen-bond acceptors (Lipinski definition) is 5. The van der Waals surface area contributed by atoms with Crippen LogP contribution in [0.3, 0.4) is 0 Å². The summed E-state index contributed by atoms with van der Waals surface area (Å²) in [6.45, 7) is 9.15. The average Bonchev–Trinajstić information content (AvgIpc) is 2.40. The number of hydrogen-bond donors (Lipinski definition) is 2. The SMILES string of the molecule is Cc1nc(N2CCC[C@H](NC(=O)OC(C)(C)C)C2)ccc1N. The van der Waals surface area contributed by atoms with Gasteiger partial charge in [-0.1, -0.05) is 0 Å². The molecule has 1 aromatic heterocycles. The number of carbonyl (C=O) groups is 1. The van der Waals surface area contributed by atoms with Crippen molar-refractivity contribution in [2.75, 3.05) is 23.7 Å². The molecule has 0 spiro atoms. The highest BCUT2D eigenvalue weighted by Gasteiger charge is 2.24. The maximum Gasteiger partial charge on any atom is 0.407 e. The van der Waals surface area contributed by atoms with Crippen LogP contribution in [0.1, 0.15) is 39.3 Å². The summed E-state index contributed by atoms with van der Waals surface area (Å²) >= 11 is 0. The van der Waals surface area contributed by atoms with Gasteiger partial charge in [0.25, 0.3) is 0 Å². The second-order valence-corrected chi connectivity index (χ2v) is 6.78.